The van der Waals surface area contributed by atoms with Crippen molar-refractivity contribution in [3.8, 4) is 0 Å². The highest BCUT2D eigenvalue weighted by atomic mass is 35.5. The molecule has 1 aliphatic carbocycles. The van der Waals surface area contributed by atoms with Gasteiger partial charge in [-0.3, -0.25) is 9.59 Å². The van der Waals surface area contributed by atoms with Crippen LogP contribution in [-0.4, -0.2) is 78.3 Å². The van der Waals surface area contributed by atoms with Crippen molar-refractivity contribution >= 4 is 40.5 Å². The van der Waals surface area contributed by atoms with E-state index in [1.54, 1.807) is 44.4 Å². The van der Waals surface area contributed by atoms with E-state index in [-0.39, 0.29) is 24.3 Å². The number of benzene rings is 2. The third kappa shape index (κ3) is 6.71. The minimum Gasteiger partial charge on any atom is -0.380 e. The number of amides is 4. The van der Waals surface area contributed by atoms with Crippen molar-refractivity contribution in [2.45, 2.75) is 75.5 Å². The quantitative estimate of drug-likeness (QED) is 0.228. The largest absolute Gasteiger partial charge is 0.380 e. The molecule has 5 rings (SSSR count). The van der Waals surface area contributed by atoms with Gasteiger partial charge in [0.05, 0.1) is 29.1 Å². The van der Waals surface area contributed by atoms with Gasteiger partial charge in [-0.1, -0.05) is 42.3 Å². The van der Waals surface area contributed by atoms with Crippen LogP contribution in [0.2, 0.25) is 5.02 Å². The van der Waals surface area contributed by atoms with Crippen molar-refractivity contribution < 1.29 is 23.5 Å². The average molecular weight is 655 g/mol. The van der Waals surface area contributed by atoms with E-state index in [0.29, 0.717) is 47.0 Å². The minimum atomic E-state index is -1.82. The summed E-state index contributed by atoms with van der Waals surface area (Å²) in [6.07, 6.45) is 3.27. The van der Waals surface area contributed by atoms with Crippen LogP contribution in [0, 0.1) is 5.92 Å². The molecule has 248 valence electrons. The first-order valence-corrected chi connectivity index (χ1v) is 16.3. The fourth-order valence-electron chi connectivity index (χ4n) is 6.56. The van der Waals surface area contributed by atoms with Gasteiger partial charge in [-0.25, -0.2) is 14.2 Å². The van der Waals surface area contributed by atoms with Crippen LogP contribution in [0.1, 0.15) is 75.4 Å². The number of carbonyl (C=O) groups excluding carboxylic acids is 3. The first kappa shape index (κ1) is 33.7. The molecule has 3 aromatic rings. The number of H-pyrrole nitrogens is 1. The highest BCUT2D eigenvalue weighted by Crippen LogP contribution is 2.44. The van der Waals surface area contributed by atoms with Gasteiger partial charge in [0.2, 0.25) is 11.8 Å². The van der Waals surface area contributed by atoms with Gasteiger partial charge in [0, 0.05) is 38.2 Å². The predicted octanol–water partition coefficient (Wildman–Crippen LogP) is 5.14. The zero-order chi connectivity index (χ0) is 33.2. The Balaban J connectivity index is 1.53. The number of likely N-dealkylation sites (N-methyl/N-ethyl adjacent to an activating group) is 1. The Morgan fingerprint density at radius 2 is 1.91 bits per heavy atom. The Morgan fingerprint density at radius 3 is 2.50 bits per heavy atom. The van der Waals surface area contributed by atoms with Crippen LogP contribution in [0.5, 0.6) is 0 Å². The molecule has 2 aromatic carbocycles. The zero-order valence-corrected chi connectivity index (χ0v) is 27.8. The maximum Gasteiger partial charge on any atom is 0.317 e. The summed E-state index contributed by atoms with van der Waals surface area (Å²) < 4.78 is 21.9. The van der Waals surface area contributed by atoms with Crippen molar-refractivity contribution in [1.29, 1.82) is 0 Å². The van der Waals surface area contributed by atoms with Crippen LogP contribution in [0.4, 0.5) is 9.18 Å². The predicted molar refractivity (Wildman–Crippen MR) is 176 cm³/mol. The summed E-state index contributed by atoms with van der Waals surface area (Å²) in [5, 5.41) is 9.29. The number of aromatic nitrogens is 2. The van der Waals surface area contributed by atoms with Crippen molar-refractivity contribution in [2.24, 2.45) is 5.92 Å². The maximum atomic E-state index is 16.1. The van der Waals surface area contributed by atoms with Crippen molar-refractivity contribution in [3.63, 3.8) is 0 Å². The Bertz CT molecular complexity index is 1580. The van der Waals surface area contributed by atoms with Crippen molar-refractivity contribution in [1.82, 2.24) is 30.8 Å². The first-order chi connectivity index (χ1) is 21.9. The van der Waals surface area contributed by atoms with E-state index in [1.807, 2.05) is 19.1 Å². The number of hydrogen-bond acceptors (Lipinski definition) is 5. The van der Waals surface area contributed by atoms with Gasteiger partial charge in [-0.05, 0) is 75.3 Å². The summed E-state index contributed by atoms with van der Waals surface area (Å²) in [5.41, 5.74) is -0.368. The average Bonchev–Trinajstić information content (AvgIpc) is 3.64. The van der Waals surface area contributed by atoms with Crippen LogP contribution in [0.25, 0.3) is 11.0 Å². The van der Waals surface area contributed by atoms with Crippen LogP contribution in [0.15, 0.2) is 42.5 Å². The van der Waals surface area contributed by atoms with Gasteiger partial charge in [0.25, 0.3) is 0 Å². The topological polar surface area (TPSA) is 128 Å². The number of ether oxygens (including phenoxy) is 1. The molecule has 4 N–H and O–H groups in total. The van der Waals surface area contributed by atoms with Gasteiger partial charge < -0.3 is 30.6 Å². The lowest BCUT2D eigenvalue weighted by molar-refractivity contribution is -0.134. The molecular formula is C34H44ClFN6O4. The number of nitrogens with one attached hydrogen (secondary N) is 4. The third-order valence-corrected chi connectivity index (χ3v) is 9.69. The van der Waals surface area contributed by atoms with Crippen molar-refractivity contribution in [2.75, 3.05) is 33.9 Å². The van der Waals surface area contributed by atoms with Gasteiger partial charge in [-0.2, -0.15) is 0 Å². The van der Waals surface area contributed by atoms with Gasteiger partial charge in [-0.15, -0.1) is 0 Å². The van der Waals surface area contributed by atoms with E-state index in [2.05, 4.69) is 20.9 Å². The second-order valence-corrected chi connectivity index (χ2v) is 13.6. The summed E-state index contributed by atoms with van der Waals surface area (Å²) in [5.74, 6) is -0.865. The third-order valence-electron chi connectivity index (χ3n) is 9.34. The van der Waals surface area contributed by atoms with Gasteiger partial charge in [0.15, 0.2) is 0 Å². The Kier molecular flexibility index (Phi) is 9.93. The molecule has 1 aliphatic heterocycles. The van der Waals surface area contributed by atoms with Crippen LogP contribution < -0.4 is 16.0 Å². The molecule has 0 spiro atoms. The fraction of sp³-hybridized carbons (Fsp3) is 0.529. The molecule has 1 aromatic heterocycles. The molecule has 0 bridgehead atoms. The molecule has 2 aliphatic rings. The molecule has 1 saturated carbocycles. The summed E-state index contributed by atoms with van der Waals surface area (Å²) in [7, 11) is 3.22. The van der Waals surface area contributed by atoms with E-state index < -0.39 is 35.1 Å². The number of aromatic amines is 1. The number of urea groups is 1. The number of nitrogens with zero attached hydrogens (tertiary/aromatic N) is 2. The molecule has 3 unspecified atom stereocenters. The number of halogens is 2. The Labute approximate surface area is 274 Å². The summed E-state index contributed by atoms with van der Waals surface area (Å²) in [4.78, 5) is 49.5. The lowest BCUT2D eigenvalue weighted by atomic mass is 9.76. The number of carbonyl (C=O) groups is 3. The number of hydrogen-bond donors (Lipinski definition) is 4. The van der Waals surface area contributed by atoms with Crippen molar-refractivity contribution in [3.05, 3.63) is 64.4 Å². The summed E-state index contributed by atoms with van der Waals surface area (Å²) in [6.45, 7) is 5.83. The fourth-order valence-corrected chi connectivity index (χ4v) is 6.81. The SMILES string of the molecule is CCNC(=O)[C@H](NC(=O)C1(c2ccc3nc(C(NC(=O)N(C)C)C(c4ccccc4Cl)C(C)(C)F)[nH]c3c2)CCOC1)C1CCC1. The molecule has 4 atom stereocenters. The second-order valence-electron chi connectivity index (χ2n) is 13.2. The lowest BCUT2D eigenvalue weighted by Crippen LogP contribution is -2.57. The van der Waals surface area contributed by atoms with Crippen LogP contribution in [-0.2, 0) is 19.7 Å². The second kappa shape index (κ2) is 13.6. The standard InChI is InChI=1S/C34H44ClFN6O4/c1-6-37-30(43)27(20-10-9-11-20)40-31(44)34(16-17-46-19-34)21-14-15-24-25(18-21)39-29(38-24)28(41-32(45)42(4)5)26(33(2,3)36)22-12-7-8-13-23(22)35/h7-8,12-15,18,20,26-28H,6,9-11,16-17,19H2,1-5H3,(H,37,43)(H,38,39)(H,40,44)(H,41,45)/t26?,27-,28?,34?/m1/s1. The molecule has 0 radical (unpaired) electrons. The monoisotopic (exact) mass is 654 g/mol. The van der Waals surface area contributed by atoms with E-state index >= 15 is 4.39 Å². The summed E-state index contributed by atoms with van der Waals surface area (Å²) >= 11 is 6.58. The number of fused-ring (bicyclic) bond motifs is 1. The smallest absolute Gasteiger partial charge is 0.317 e. The van der Waals surface area contributed by atoms with E-state index in [0.717, 1.165) is 24.8 Å². The molecule has 12 heteroatoms. The highest BCUT2D eigenvalue weighted by molar-refractivity contribution is 6.31. The van der Waals surface area contributed by atoms with E-state index in [9.17, 15) is 14.4 Å². The van der Waals surface area contributed by atoms with Gasteiger partial charge >= 0.3 is 6.03 Å². The molecular weight excluding hydrogens is 611 g/mol. The van der Waals surface area contributed by atoms with Gasteiger partial charge in [0.1, 0.15) is 17.5 Å². The molecule has 2 fully saturated rings. The number of alkyl halides is 1. The number of imidazole rings is 1. The first-order valence-electron chi connectivity index (χ1n) is 15.9. The highest BCUT2D eigenvalue weighted by Gasteiger charge is 2.47. The minimum absolute atomic E-state index is 0.104. The lowest BCUT2D eigenvalue weighted by Gasteiger charge is -2.36. The van der Waals surface area contributed by atoms with E-state index in [1.165, 1.54) is 18.7 Å². The molecule has 1 saturated heterocycles. The van der Waals surface area contributed by atoms with Crippen LogP contribution >= 0.6 is 11.6 Å². The zero-order valence-electron chi connectivity index (χ0n) is 27.1. The maximum absolute atomic E-state index is 16.1. The Morgan fingerprint density at radius 1 is 1.17 bits per heavy atom. The van der Waals surface area contributed by atoms with E-state index in [4.69, 9.17) is 21.3 Å². The molecule has 10 nitrogen and oxygen atoms in total. The summed E-state index contributed by atoms with van der Waals surface area (Å²) in [6, 6.07) is 10.6. The molecule has 2 heterocycles. The number of rotatable bonds is 11. The normalized spacial score (nSPS) is 20.4. The molecule has 46 heavy (non-hydrogen) atoms. The Hall–Kier alpha value is -3.70. The molecule has 4 amide bonds. The van der Waals surface area contributed by atoms with Crippen LogP contribution in [0.3, 0.4) is 0 Å².